The SMILES string of the molecule is COc1ccccc1N(C)c1ccc(I)cc1N. The Labute approximate surface area is 121 Å². The molecule has 2 aromatic carbocycles. The number of benzene rings is 2. The summed E-state index contributed by atoms with van der Waals surface area (Å²) in [6.07, 6.45) is 0. The summed E-state index contributed by atoms with van der Waals surface area (Å²) in [7, 11) is 3.65. The molecule has 0 fully saturated rings. The van der Waals surface area contributed by atoms with Gasteiger partial charge in [0.05, 0.1) is 24.2 Å². The summed E-state index contributed by atoms with van der Waals surface area (Å²) in [6.45, 7) is 0. The number of nitrogens with two attached hydrogens (primary N) is 1. The maximum Gasteiger partial charge on any atom is 0.142 e. The molecule has 4 heteroatoms. The zero-order chi connectivity index (χ0) is 13.1. The van der Waals surface area contributed by atoms with Crippen LogP contribution in [0, 0.1) is 3.57 Å². The fourth-order valence-electron chi connectivity index (χ4n) is 1.87. The highest BCUT2D eigenvalue weighted by atomic mass is 127. The van der Waals surface area contributed by atoms with Crippen LogP contribution in [0.25, 0.3) is 0 Å². The van der Waals surface area contributed by atoms with Gasteiger partial charge >= 0.3 is 0 Å². The van der Waals surface area contributed by atoms with Crippen LogP contribution in [0.2, 0.25) is 0 Å². The van der Waals surface area contributed by atoms with E-state index in [0.29, 0.717) is 0 Å². The van der Waals surface area contributed by atoms with Crippen LogP contribution in [0.4, 0.5) is 17.1 Å². The topological polar surface area (TPSA) is 38.5 Å². The molecule has 0 amide bonds. The Balaban J connectivity index is 2.44. The molecule has 0 heterocycles. The normalized spacial score (nSPS) is 10.2. The minimum absolute atomic E-state index is 0.760. The molecule has 0 aliphatic heterocycles. The first-order valence-corrected chi connectivity index (χ1v) is 6.63. The predicted molar refractivity (Wildman–Crippen MR) is 84.6 cm³/mol. The average molecular weight is 354 g/mol. The first kappa shape index (κ1) is 13.0. The Morgan fingerprint density at radius 1 is 1.11 bits per heavy atom. The molecule has 0 bridgehead atoms. The molecule has 0 saturated heterocycles. The Bertz CT molecular complexity index is 557. The summed E-state index contributed by atoms with van der Waals surface area (Å²) < 4.78 is 6.49. The number of rotatable bonds is 3. The number of ether oxygens (including phenoxy) is 1. The number of halogens is 1. The maximum atomic E-state index is 6.06. The Morgan fingerprint density at radius 2 is 1.83 bits per heavy atom. The molecule has 2 aromatic rings. The van der Waals surface area contributed by atoms with E-state index in [1.54, 1.807) is 7.11 Å². The second-order valence-corrected chi connectivity index (χ2v) is 5.18. The smallest absolute Gasteiger partial charge is 0.142 e. The van der Waals surface area contributed by atoms with Crippen LogP contribution >= 0.6 is 22.6 Å². The van der Waals surface area contributed by atoms with E-state index in [9.17, 15) is 0 Å². The summed E-state index contributed by atoms with van der Waals surface area (Å²) in [6, 6.07) is 13.9. The highest BCUT2D eigenvalue weighted by molar-refractivity contribution is 14.1. The molecule has 2 N–H and O–H groups in total. The van der Waals surface area contributed by atoms with E-state index in [2.05, 4.69) is 22.6 Å². The molecular formula is C14H15IN2O. The molecule has 0 aromatic heterocycles. The Kier molecular flexibility index (Phi) is 3.96. The number of para-hydroxylation sites is 2. The molecular weight excluding hydrogens is 339 g/mol. The van der Waals surface area contributed by atoms with Crippen molar-refractivity contribution in [3.8, 4) is 5.75 Å². The van der Waals surface area contributed by atoms with Crippen LogP contribution in [0.15, 0.2) is 42.5 Å². The lowest BCUT2D eigenvalue weighted by molar-refractivity contribution is 0.415. The van der Waals surface area contributed by atoms with Crippen molar-refractivity contribution in [2.24, 2.45) is 0 Å². The highest BCUT2D eigenvalue weighted by Gasteiger charge is 2.11. The number of hydrogen-bond acceptors (Lipinski definition) is 3. The third-order valence-corrected chi connectivity index (χ3v) is 3.47. The van der Waals surface area contributed by atoms with Gasteiger partial charge in [0, 0.05) is 10.6 Å². The number of methoxy groups -OCH3 is 1. The first-order valence-electron chi connectivity index (χ1n) is 5.55. The van der Waals surface area contributed by atoms with Gasteiger partial charge in [-0.05, 0) is 52.9 Å². The first-order chi connectivity index (χ1) is 8.63. The molecule has 2 rings (SSSR count). The van der Waals surface area contributed by atoms with E-state index in [-0.39, 0.29) is 0 Å². The summed E-state index contributed by atoms with van der Waals surface area (Å²) in [5, 5.41) is 0. The van der Waals surface area contributed by atoms with Crippen LogP contribution in [0.1, 0.15) is 0 Å². The zero-order valence-electron chi connectivity index (χ0n) is 10.4. The van der Waals surface area contributed by atoms with Crippen molar-refractivity contribution in [2.75, 3.05) is 24.8 Å². The lowest BCUT2D eigenvalue weighted by Gasteiger charge is -2.23. The third-order valence-electron chi connectivity index (χ3n) is 2.80. The number of nitrogens with zero attached hydrogens (tertiary/aromatic N) is 1. The molecule has 18 heavy (non-hydrogen) atoms. The van der Waals surface area contributed by atoms with E-state index in [1.807, 2.05) is 54.4 Å². The van der Waals surface area contributed by atoms with E-state index >= 15 is 0 Å². The second kappa shape index (κ2) is 5.48. The van der Waals surface area contributed by atoms with Crippen molar-refractivity contribution in [1.29, 1.82) is 0 Å². The molecule has 0 spiro atoms. The van der Waals surface area contributed by atoms with Gasteiger partial charge in [-0.3, -0.25) is 0 Å². The summed E-state index contributed by atoms with van der Waals surface area (Å²) >= 11 is 2.25. The van der Waals surface area contributed by atoms with Crippen molar-refractivity contribution in [1.82, 2.24) is 0 Å². The van der Waals surface area contributed by atoms with Gasteiger partial charge < -0.3 is 15.4 Å². The lowest BCUT2D eigenvalue weighted by atomic mass is 10.2. The molecule has 0 aliphatic rings. The fourth-order valence-corrected chi connectivity index (χ4v) is 2.38. The molecule has 0 saturated carbocycles. The predicted octanol–water partition coefficient (Wildman–Crippen LogP) is 3.65. The van der Waals surface area contributed by atoms with Gasteiger partial charge in [0.15, 0.2) is 0 Å². The van der Waals surface area contributed by atoms with Gasteiger partial charge in [-0.1, -0.05) is 12.1 Å². The molecule has 0 radical (unpaired) electrons. The largest absolute Gasteiger partial charge is 0.495 e. The fraction of sp³-hybridized carbons (Fsp3) is 0.143. The van der Waals surface area contributed by atoms with E-state index in [0.717, 1.165) is 26.4 Å². The van der Waals surface area contributed by atoms with Crippen molar-refractivity contribution in [3.63, 3.8) is 0 Å². The van der Waals surface area contributed by atoms with Crippen LogP contribution in [0.5, 0.6) is 5.75 Å². The van der Waals surface area contributed by atoms with Gasteiger partial charge in [0.2, 0.25) is 0 Å². The summed E-state index contributed by atoms with van der Waals surface area (Å²) in [5.74, 6) is 0.831. The van der Waals surface area contributed by atoms with Gasteiger partial charge in [0.1, 0.15) is 5.75 Å². The average Bonchev–Trinajstić information content (AvgIpc) is 2.38. The Hall–Kier alpha value is -1.43. The molecule has 0 unspecified atom stereocenters. The maximum absolute atomic E-state index is 6.06. The van der Waals surface area contributed by atoms with Crippen LogP contribution in [0.3, 0.4) is 0 Å². The monoisotopic (exact) mass is 354 g/mol. The number of hydrogen-bond donors (Lipinski definition) is 1. The minimum Gasteiger partial charge on any atom is -0.495 e. The Morgan fingerprint density at radius 3 is 2.50 bits per heavy atom. The number of nitrogen functional groups attached to an aromatic ring is 1. The van der Waals surface area contributed by atoms with Crippen molar-refractivity contribution in [3.05, 3.63) is 46.0 Å². The minimum atomic E-state index is 0.760. The van der Waals surface area contributed by atoms with E-state index in [1.165, 1.54) is 0 Å². The number of anilines is 3. The molecule has 0 aliphatic carbocycles. The highest BCUT2D eigenvalue weighted by Crippen LogP contribution is 2.35. The molecule has 3 nitrogen and oxygen atoms in total. The summed E-state index contributed by atoms with van der Waals surface area (Å²) in [4.78, 5) is 2.03. The van der Waals surface area contributed by atoms with E-state index in [4.69, 9.17) is 10.5 Å². The van der Waals surface area contributed by atoms with Crippen molar-refractivity contribution in [2.45, 2.75) is 0 Å². The summed E-state index contributed by atoms with van der Waals surface area (Å²) in [5.41, 5.74) is 8.79. The van der Waals surface area contributed by atoms with Crippen LogP contribution < -0.4 is 15.4 Å². The molecule has 94 valence electrons. The third kappa shape index (κ3) is 2.53. The standard InChI is InChI=1S/C14H15IN2O/c1-17(12-8-7-10(15)9-11(12)16)13-5-3-4-6-14(13)18-2/h3-9H,16H2,1-2H3. The second-order valence-electron chi connectivity index (χ2n) is 3.93. The van der Waals surface area contributed by atoms with Crippen molar-refractivity contribution >= 4 is 39.7 Å². The molecule has 0 atom stereocenters. The van der Waals surface area contributed by atoms with Crippen molar-refractivity contribution < 1.29 is 4.74 Å². The van der Waals surface area contributed by atoms with Gasteiger partial charge in [-0.15, -0.1) is 0 Å². The zero-order valence-corrected chi connectivity index (χ0v) is 12.5. The van der Waals surface area contributed by atoms with E-state index < -0.39 is 0 Å². The van der Waals surface area contributed by atoms with Gasteiger partial charge in [0.25, 0.3) is 0 Å². The van der Waals surface area contributed by atoms with Crippen LogP contribution in [-0.4, -0.2) is 14.2 Å². The van der Waals surface area contributed by atoms with Gasteiger partial charge in [-0.2, -0.15) is 0 Å². The van der Waals surface area contributed by atoms with Gasteiger partial charge in [-0.25, -0.2) is 0 Å². The quantitative estimate of drug-likeness (QED) is 0.676. The lowest BCUT2D eigenvalue weighted by Crippen LogP contribution is -2.12. The van der Waals surface area contributed by atoms with Crippen LogP contribution in [-0.2, 0) is 0 Å².